The zero-order valence-corrected chi connectivity index (χ0v) is 22.0. The van der Waals surface area contributed by atoms with Crippen LogP contribution in [0.2, 0.25) is 0 Å². The second-order valence-electron chi connectivity index (χ2n) is 10.5. The Morgan fingerprint density at radius 2 is 2.12 bits per heavy atom. The van der Waals surface area contributed by atoms with Crippen molar-refractivity contribution < 1.29 is 23.0 Å². The van der Waals surface area contributed by atoms with E-state index in [0.29, 0.717) is 36.1 Å². The van der Waals surface area contributed by atoms with Gasteiger partial charge in [-0.1, -0.05) is 18.9 Å². The third kappa shape index (κ3) is 4.34. The largest absolute Gasteiger partial charge is 0.508 e. The van der Waals surface area contributed by atoms with Crippen LogP contribution in [0.15, 0.2) is 30.5 Å². The third-order valence-electron chi connectivity index (χ3n) is 7.89. The maximum atomic E-state index is 16.3. The molecule has 4 aromatic rings. The Bertz CT molecular complexity index is 1670. The van der Waals surface area contributed by atoms with Gasteiger partial charge in [-0.15, -0.1) is 6.42 Å². The molecule has 0 radical (unpaired) electrons. The summed E-state index contributed by atoms with van der Waals surface area (Å²) in [5, 5.41) is 14.6. The van der Waals surface area contributed by atoms with Gasteiger partial charge in [-0.2, -0.15) is 9.97 Å². The summed E-state index contributed by atoms with van der Waals surface area (Å²) in [4.78, 5) is 15.4. The molecule has 0 spiro atoms. The normalized spacial score (nSPS) is 20.6. The fourth-order valence-electron chi connectivity index (χ4n) is 6.07. The third-order valence-corrected chi connectivity index (χ3v) is 7.89. The van der Waals surface area contributed by atoms with E-state index in [9.17, 15) is 13.9 Å². The fraction of sp³-hybridized carbons (Fsp3) is 0.367. The minimum absolute atomic E-state index is 0.0400. The molecule has 0 amide bonds. The van der Waals surface area contributed by atoms with E-state index in [1.165, 1.54) is 30.5 Å². The number of anilines is 1. The predicted molar refractivity (Wildman–Crippen MR) is 147 cm³/mol. The fourth-order valence-corrected chi connectivity index (χ4v) is 6.07. The summed E-state index contributed by atoms with van der Waals surface area (Å²) in [6, 6.07) is 5.35. The molecular weight excluding hydrogens is 519 g/mol. The number of benzene rings is 2. The van der Waals surface area contributed by atoms with E-state index in [-0.39, 0.29) is 46.1 Å². The minimum Gasteiger partial charge on any atom is -0.508 e. The van der Waals surface area contributed by atoms with Crippen LogP contribution in [0, 0.1) is 24.0 Å². The average Bonchev–Trinajstić information content (AvgIpc) is 3.46. The Labute approximate surface area is 229 Å². The van der Waals surface area contributed by atoms with Crippen molar-refractivity contribution in [3.05, 3.63) is 47.7 Å². The maximum absolute atomic E-state index is 16.3. The number of rotatable bonds is 7. The SMILES string of the molecule is C#Cc1c(F)ccc2cc(O)cc(-c3ncc4c(NCCC)nc(OC[C@@]56CCCN5C[C@H](F)C6)nc4c3F)c12. The number of aromatic hydroxyl groups is 1. The quantitative estimate of drug-likeness (QED) is 0.292. The molecule has 0 bridgehead atoms. The van der Waals surface area contributed by atoms with Crippen LogP contribution in [0.5, 0.6) is 11.8 Å². The van der Waals surface area contributed by atoms with Crippen LogP contribution in [0.3, 0.4) is 0 Å². The number of alkyl halides is 1. The maximum Gasteiger partial charge on any atom is 0.319 e. The van der Waals surface area contributed by atoms with Crippen molar-refractivity contribution in [3.63, 3.8) is 0 Å². The van der Waals surface area contributed by atoms with Crippen molar-refractivity contribution in [1.82, 2.24) is 19.9 Å². The number of halogens is 3. The number of hydrogen-bond acceptors (Lipinski definition) is 7. The Morgan fingerprint density at radius 1 is 1.27 bits per heavy atom. The first-order valence-electron chi connectivity index (χ1n) is 13.4. The Kier molecular flexibility index (Phi) is 6.62. The molecule has 2 aromatic heterocycles. The number of hydrogen-bond donors (Lipinski definition) is 2. The van der Waals surface area contributed by atoms with Crippen molar-refractivity contribution in [1.29, 1.82) is 0 Å². The van der Waals surface area contributed by atoms with E-state index in [2.05, 4.69) is 31.1 Å². The first kappa shape index (κ1) is 26.1. The highest BCUT2D eigenvalue weighted by Crippen LogP contribution is 2.41. The number of fused-ring (bicyclic) bond motifs is 3. The van der Waals surface area contributed by atoms with E-state index >= 15 is 4.39 Å². The van der Waals surface area contributed by atoms with Crippen LogP contribution in [0.4, 0.5) is 19.0 Å². The number of ether oxygens (including phenoxy) is 1. The number of terminal acetylenes is 1. The molecule has 0 aliphatic carbocycles. The van der Waals surface area contributed by atoms with E-state index in [4.69, 9.17) is 11.2 Å². The Morgan fingerprint density at radius 3 is 2.92 bits per heavy atom. The molecule has 2 atom stereocenters. The number of phenolic OH excluding ortho intramolecular Hbond substituents is 1. The standard InChI is InChI=1S/C30H28F3N5O2/c1-3-9-34-28-22-14-35-26(21-12-19(39)11-17-6-7-23(32)20(4-2)24(17)21)25(33)27(22)36-29(37-28)40-16-30-8-5-10-38(30)15-18(31)13-30/h2,6-7,11-12,14,18,39H,3,5,8-10,13,15-16H2,1H3,(H,34,36,37)/t18-,30+/m1/s1. The lowest BCUT2D eigenvalue weighted by Crippen LogP contribution is -2.43. The van der Waals surface area contributed by atoms with Crippen LogP contribution in [-0.2, 0) is 0 Å². The summed E-state index contributed by atoms with van der Waals surface area (Å²) in [6.45, 7) is 3.94. The number of phenols is 1. The Balaban J connectivity index is 1.48. The monoisotopic (exact) mass is 547 g/mol. The molecule has 2 N–H and O–H groups in total. The number of aromatic nitrogens is 3. The van der Waals surface area contributed by atoms with Gasteiger partial charge < -0.3 is 15.2 Å². The van der Waals surface area contributed by atoms with Crippen LogP contribution in [-0.4, -0.2) is 62.9 Å². The molecule has 206 valence electrons. The molecule has 2 saturated heterocycles. The minimum atomic E-state index is -0.913. The van der Waals surface area contributed by atoms with Gasteiger partial charge in [0.1, 0.15) is 41.4 Å². The zero-order valence-electron chi connectivity index (χ0n) is 22.0. The van der Waals surface area contributed by atoms with E-state index in [0.717, 1.165) is 25.8 Å². The van der Waals surface area contributed by atoms with Gasteiger partial charge >= 0.3 is 6.01 Å². The van der Waals surface area contributed by atoms with Gasteiger partial charge in [0.2, 0.25) is 0 Å². The number of nitrogens with one attached hydrogen (secondary N) is 1. The molecule has 10 heteroatoms. The molecule has 0 unspecified atom stereocenters. The second kappa shape index (κ2) is 10.1. The summed E-state index contributed by atoms with van der Waals surface area (Å²) in [5.41, 5.74) is -0.565. The van der Waals surface area contributed by atoms with Crippen molar-refractivity contribution >= 4 is 27.5 Å². The summed E-state index contributed by atoms with van der Waals surface area (Å²) in [5.74, 6) is 1.10. The van der Waals surface area contributed by atoms with Gasteiger partial charge in [0.25, 0.3) is 0 Å². The van der Waals surface area contributed by atoms with Crippen molar-refractivity contribution in [2.24, 2.45) is 0 Å². The van der Waals surface area contributed by atoms with Gasteiger partial charge in [-0.3, -0.25) is 9.88 Å². The van der Waals surface area contributed by atoms with Crippen molar-refractivity contribution in [2.75, 3.05) is 31.6 Å². The number of pyridine rings is 1. The van der Waals surface area contributed by atoms with E-state index in [1.54, 1.807) is 0 Å². The number of nitrogens with zero attached hydrogens (tertiary/aromatic N) is 4. The molecule has 2 aliphatic rings. The zero-order chi connectivity index (χ0) is 28.0. The summed E-state index contributed by atoms with van der Waals surface area (Å²) < 4.78 is 51.2. The molecule has 6 rings (SSSR count). The highest BCUT2D eigenvalue weighted by Gasteiger charge is 2.49. The summed E-state index contributed by atoms with van der Waals surface area (Å²) in [6.07, 6.45) is 9.06. The highest BCUT2D eigenvalue weighted by molar-refractivity contribution is 6.02. The molecular formula is C30H28F3N5O2. The van der Waals surface area contributed by atoms with Crippen LogP contribution in [0.25, 0.3) is 32.9 Å². The lowest BCUT2D eigenvalue weighted by atomic mass is 9.95. The molecule has 2 aliphatic heterocycles. The van der Waals surface area contributed by atoms with E-state index in [1.807, 2.05) is 6.92 Å². The first-order chi connectivity index (χ1) is 19.3. The van der Waals surface area contributed by atoms with Gasteiger partial charge in [-0.05, 0) is 49.4 Å². The lowest BCUT2D eigenvalue weighted by molar-refractivity contribution is 0.107. The molecule has 0 saturated carbocycles. The molecule has 4 heterocycles. The van der Waals surface area contributed by atoms with E-state index < -0.39 is 23.3 Å². The molecule has 7 nitrogen and oxygen atoms in total. The topological polar surface area (TPSA) is 83.4 Å². The predicted octanol–water partition coefficient (Wildman–Crippen LogP) is 5.59. The molecule has 40 heavy (non-hydrogen) atoms. The molecule has 2 fully saturated rings. The summed E-state index contributed by atoms with van der Waals surface area (Å²) >= 11 is 0. The lowest BCUT2D eigenvalue weighted by Gasteiger charge is -2.30. The average molecular weight is 548 g/mol. The van der Waals surface area contributed by atoms with Crippen LogP contribution < -0.4 is 10.1 Å². The van der Waals surface area contributed by atoms with Gasteiger partial charge in [0.15, 0.2) is 5.82 Å². The van der Waals surface area contributed by atoms with Gasteiger partial charge in [0.05, 0.1) is 16.5 Å². The highest BCUT2D eigenvalue weighted by atomic mass is 19.1. The second-order valence-corrected chi connectivity index (χ2v) is 10.5. The van der Waals surface area contributed by atoms with Crippen LogP contribution >= 0.6 is 0 Å². The molecule has 2 aromatic carbocycles. The van der Waals surface area contributed by atoms with Crippen molar-refractivity contribution in [2.45, 2.75) is 44.3 Å². The smallest absolute Gasteiger partial charge is 0.319 e. The van der Waals surface area contributed by atoms with Gasteiger partial charge in [-0.25, -0.2) is 13.2 Å². The Hall–Kier alpha value is -4.10. The first-order valence-corrected chi connectivity index (χ1v) is 13.4. The van der Waals surface area contributed by atoms with Crippen molar-refractivity contribution in [3.8, 4) is 35.4 Å². The van der Waals surface area contributed by atoms with Crippen LogP contribution in [0.1, 0.15) is 38.2 Å². The summed E-state index contributed by atoms with van der Waals surface area (Å²) in [7, 11) is 0. The van der Waals surface area contributed by atoms with Gasteiger partial charge in [0, 0.05) is 36.7 Å².